The molecule has 1 amide bonds. The Labute approximate surface area is 108 Å². The molecule has 4 nitrogen and oxygen atoms in total. The second-order valence-electron chi connectivity index (χ2n) is 4.96. The molecule has 1 aliphatic rings. The van der Waals surface area contributed by atoms with E-state index in [0.717, 1.165) is 12.1 Å². The van der Waals surface area contributed by atoms with E-state index in [2.05, 4.69) is 6.92 Å². The van der Waals surface area contributed by atoms with E-state index in [-0.39, 0.29) is 6.09 Å². The number of aryl methyl sites for hydroxylation is 1. The van der Waals surface area contributed by atoms with Crippen molar-refractivity contribution in [1.29, 1.82) is 0 Å². The Hall–Kier alpha value is -1.55. The van der Waals surface area contributed by atoms with Crippen molar-refractivity contribution in [2.75, 3.05) is 18.0 Å². The highest BCUT2D eigenvalue weighted by molar-refractivity contribution is 5.90. The van der Waals surface area contributed by atoms with Gasteiger partial charge in [0.15, 0.2) is 0 Å². The molecule has 0 saturated carbocycles. The van der Waals surface area contributed by atoms with Gasteiger partial charge in [-0.2, -0.15) is 0 Å². The topological polar surface area (TPSA) is 55.6 Å². The zero-order valence-electron chi connectivity index (χ0n) is 11.0. The fourth-order valence-corrected chi connectivity index (χ4v) is 2.24. The van der Waals surface area contributed by atoms with Crippen LogP contribution in [0.25, 0.3) is 0 Å². The summed E-state index contributed by atoms with van der Waals surface area (Å²) in [5, 5.41) is 0. The summed E-state index contributed by atoms with van der Waals surface area (Å²) in [6.45, 7) is 5.12. The van der Waals surface area contributed by atoms with E-state index in [1.54, 1.807) is 4.90 Å². The number of rotatable bonds is 4. The quantitative estimate of drug-likeness (QED) is 0.889. The SMILES string of the molecule is CCc1ccc(N2CC(C)(CCN)OC2=O)cc1. The Morgan fingerprint density at radius 2 is 2.06 bits per heavy atom. The zero-order valence-corrected chi connectivity index (χ0v) is 11.0. The zero-order chi connectivity index (χ0) is 13.2. The molecular formula is C14H20N2O2. The molecule has 1 aromatic rings. The van der Waals surface area contributed by atoms with Crippen molar-refractivity contribution in [3.8, 4) is 0 Å². The molecule has 4 heteroatoms. The summed E-state index contributed by atoms with van der Waals surface area (Å²) in [6, 6.07) is 8.02. The first-order valence-corrected chi connectivity index (χ1v) is 6.37. The van der Waals surface area contributed by atoms with Gasteiger partial charge < -0.3 is 10.5 Å². The number of benzene rings is 1. The third-order valence-corrected chi connectivity index (χ3v) is 3.38. The summed E-state index contributed by atoms with van der Waals surface area (Å²) in [5.41, 5.74) is 7.24. The van der Waals surface area contributed by atoms with Gasteiger partial charge in [0.2, 0.25) is 0 Å². The Morgan fingerprint density at radius 3 is 2.61 bits per heavy atom. The third kappa shape index (κ3) is 2.48. The number of nitrogens with two attached hydrogens (primary N) is 1. The van der Waals surface area contributed by atoms with E-state index in [1.165, 1.54) is 5.56 Å². The number of ether oxygens (including phenoxy) is 1. The molecule has 1 fully saturated rings. The van der Waals surface area contributed by atoms with Gasteiger partial charge in [-0.05, 0) is 37.6 Å². The molecule has 1 saturated heterocycles. The lowest BCUT2D eigenvalue weighted by atomic mass is 10.0. The van der Waals surface area contributed by atoms with Crippen molar-refractivity contribution in [2.24, 2.45) is 5.73 Å². The predicted molar refractivity (Wildman–Crippen MR) is 71.7 cm³/mol. The number of nitrogens with zero attached hydrogens (tertiary/aromatic N) is 1. The van der Waals surface area contributed by atoms with Crippen LogP contribution in [-0.4, -0.2) is 24.8 Å². The van der Waals surface area contributed by atoms with Crippen LogP contribution in [0.15, 0.2) is 24.3 Å². The maximum Gasteiger partial charge on any atom is 0.415 e. The molecular weight excluding hydrogens is 228 g/mol. The molecule has 1 unspecified atom stereocenters. The molecule has 1 aliphatic heterocycles. The molecule has 98 valence electrons. The first-order valence-electron chi connectivity index (χ1n) is 6.37. The molecule has 0 aromatic heterocycles. The lowest BCUT2D eigenvalue weighted by Crippen LogP contribution is -2.33. The highest BCUT2D eigenvalue weighted by Gasteiger charge is 2.41. The van der Waals surface area contributed by atoms with Crippen LogP contribution in [0.5, 0.6) is 0 Å². The maximum absolute atomic E-state index is 11.9. The molecule has 2 rings (SSSR count). The molecule has 0 bridgehead atoms. The maximum atomic E-state index is 11.9. The van der Waals surface area contributed by atoms with Crippen molar-refractivity contribution in [3.63, 3.8) is 0 Å². The lowest BCUT2D eigenvalue weighted by molar-refractivity contribution is 0.0672. The molecule has 18 heavy (non-hydrogen) atoms. The van der Waals surface area contributed by atoms with Crippen LogP contribution in [0.3, 0.4) is 0 Å². The molecule has 0 radical (unpaired) electrons. The summed E-state index contributed by atoms with van der Waals surface area (Å²) in [7, 11) is 0. The van der Waals surface area contributed by atoms with Crippen LogP contribution < -0.4 is 10.6 Å². The summed E-state index contributed by atoms with van der Waals surface area (Å²) in [6.07, 6.45) is 1.40. The summed E-state index contributed by atoms with van der Waals surface area (Å²) >= 11 is 0. The van der Waals surface area contributed by atoms with Crippen molar-refractivity contribution in [2.45, 2.75) is 32.3 Å². The number of cyclic esters (lactones) is 1. The standard InChI is InChI=1S/C14H20N2O2/c1-3-11-4-6-12(7-5-11)16-10-14(2,8-9-15)18-13(16)17/h4-7H,3,8-10,15H2,1-2H3. The number of hydrogen-bond acceptors (Lipinski definition) is 3. The highest BCUT2D eigenvalue weighted by Crippen LogP contribution is 2.29. The van der Waals surface area contributed by atoms with Gasteiger partial charge in [-0.25, -0.2) is 4.79 Å². The van der Waals surface area contributed by atoms with E-state index in [1.807, 2.05) is 31.2 Å². The Balaban J connectivity index is 2.16. The fraction of sp³-hybridized carbons (Fsp3) is 0.500. The van der Waals surface area contributed by atoms with Gasteiger partial charge in [0.1, 0.15) is 5.60 Å². The molecule has 2 N–H and O–H groups in total. The van der Waals surface area contributed by atoms with E-state index in [0.29, 0.717) is 19.5 Å². The first-order chi connectivity index (χ1) is 8.58. The number of anilines is 1. The smallest absolute Gasteiger partial charge is 0.415 e. The largest absolute Gasteiger partial charge is 0.441 e. The summed E-state index contributed by atoms with van der Waals surface area (Å²) in [4.78, 5) is 13.6. The van der Waals surface area contributed by atoms with Crippen molar-refractivity contribution in [3.05, 3.63) is 29.8 Å². The van der Waals surface area contributed by atoms with Crippen LogP contribution in [0.4, 0.5) is 10.5 Å². The number of amides is 1. The van der Waals surface area contributed by atoms with Crippen LogP contribution in [-0.2, 0) is 11.2 Å². The Kier molecular flexibility index (Phi) is 3.57. The predicted octanol–water partition coefficient (Wildman–Crippen LogP) is 2.31. The minimum absolute atomic E-state index is 0.282. The fourth-order valence-electron chi connectivity index (χ4n) is 2.24. The van der Waals surface area contributed by atoms with Gasteiger partial charge in [0.25, 0.3) is 0 Å². The Morgan fingerprint density at radius 1 is 1.39 bits per heavy atom. The minimum atomic E-state index is -0.463. The lowest BCUT2D eigenvalue weighted by Gasteiger charge is -2.20. The molecule has 0 aliphatic carbocycles. The van der Waals surface area contributed by atoms with Crippen LogP contribution >= 0.6 is 0 Å². The number of carbonyl (C=O) groups excluding carboxylic acids is 1. The normalized spacial score (nSPS) is 23.3. The van der Waals surface area contributed by atoms with E-state index in [4.69, 9.17) is 10.5 Å². The molecule has 0 spiro atoms. The van der Waals surface area contributed by atoms with E-state index < -0.39 is 5.60 Å². The molecule has 1 heterocycles. The van der Waals surface area contributed by atoms with Crippen LogP contribution in [0.1, 0.15) is 25.8 Å². The van der Waals surface area contributed by atoms with Crippen molar-refractivity contribution in [1.82, 2.24) is 0 Å². The molecule has 1 aromatic carbocycles. The van der Waals surface area contributed by atoms with E-state index in [9.17, 15) is 4.79 Å². The average molecular weight is 248 g/mol. The van der Waals surface area contributed by atoms with Gasteiger partial charge in [0.05, 0.1) is 6.54 Å². The van der Waals surface area contributed by atoms with Gasteiger partial charge in [-0.1, -0.05) is 19.1 Å². The average Bonchev–Trinajstić information content (AvgIpc) is 2.65. The van der Waals surface area contributed by atoms with Crippen molar-refractivity contribution >= 4 is 11.8 Å². The first kappa shape index (κ1) is 12.9. The monoisotopic (exact) mass is 248 g/mol. The minimum Gasteiger partial charge on any atom is -0.441 e. The second-order valence-corrected chi connectivity index (χ2v) is 4.96. The van der Waals surface area contributed by atoms with Gasteiger partial charge >= 0.3 is 6.09 Å². The highest BCUT2D eigenvalue weighted by atomic mass is 16.6. The van der Waals surface area contributed by atoms with Gasteiger partial charge in [-0.3, -0.25) is 4.90 Å². The number of carbonyl (C=O) groups is 1. The third-order valence-electron chi connectivity index (χ3n) is 3.38. The van der Waals surface area contributed by atoms with Crippen LogP contribution in [0.2, 0.25) is 0 Å². The summed E-state index contributed by atoms with van der Waals surface area (Å²) in [5.74, 6) is 0. The van der Waals surface area contributed by atoms with Gasteiger partial charge in [-0.15, -0.1) is 0 Å². The Bertz CT molecular complexity index is 430. The second kappa shape index (κ2) is 4.98. The summed E-state index contributed by atoms with van der Waals surface area (Å²) < 4.78 is 5.42. The van der Waals surface area contributed by atoms with E-state index >= 15 is 0 Å². The van der Waals surface area contributed by atoms with Crippen molar-refractivity contribution < 1.29 is 9.53 Å². The van der Waals surface area contributed by atoms with Crippen LogP contribution in [0, 0.1) is 0 Å². The molecule has 1 atom stereocenters. The van der Waals surface area contributed by atoms with Gasteiger partial charge in [0, 0.05) is 12.1 Å². The number of hydrogen-bond donors (Lipinski definition) is 1.